The summed E-state index contributed by atoms with van der Waals surface area (Å²) in [4.78, 5) is 13.6. The monoisotopic (exact) mass is 402 g/mol. The number of pyridine rings is 1. The first kappa shape index (κ1) is 24.9. The Morgan fingerprint density at radius 1 is 1.00 bits per heavy atom. The van der Waals surface area contributed by atoms with Gasteiger partial charge in [0, 0.05) is 11.6 Å². The van der Waals surface area contributed by atoms with Gasteiger partial charge in [0.25, 0.3) is 0 Å². The Morgan fingerprint density at radius 2 is 1.54 bits per heavy atom. The van der Waals surface area contributed by atoms with Crippen molar-refractivity contribution in [2.45, 2.75) is 27.7 Å². The summed E-state index contributed by atoms with van der Waals surface area (Å²) < 4.78 is 0. The first-order chi connectivity index (χ1) is 12.6. The fraction of sp³-hybridized carbons (Fsp3) is 0.182. The van der Waals surface area contributed by atoms with E-state index in [2.05, 4.69) is 11.6 Å². The number of benzene rings is 2. The van der Waals surface area contributed by atoms with Crippen LogP contribution < -0.4 is 5.73 Å². The number of aldehydes is 1. The molecule has 3 aromatic rings. The highest BCUT2D eigenvalue weighted by atomic mass is 35.5. The van der Waals surface area contributed by atoms with Crippen molar-refractivity contribution in [1.29, 1.82) is 0 Å². The van der Waals surface area contributed by atoms with Crippen molar-refractivity contribution in [3.05, 3.63) is 71.4 Å². The van der Waals surface area contributed by atoms with Crippen LogP contribution in [0.5, 0.6) is 11.5 Å². The number of hydrogen-bond donors (Lipinski definition) is 3. The minimum Gasteiger partial charge on any atom is -0.506 e. The van der Waals surface area contributed by atoms with E-state index < -0.39 is 0 Å². The zero-order valence-corrected chi connectivity index (χ0v) is 17.4. The predicted octanol–water partition coefficient (Wildman–Crippen LogP) is 5.02. The van der Waals surface area contributed by atoms with Gasteiger partial charge in [-0.15, -0.1) is 12.4 Å². The molecule has 1 heterocycles. The van der Waals surface area contributed by atoms with Crippen molar-refractivity contribution in [2.24, 2.45) is 0 Å². The van der Waals surface area contributed by atoms with Crippen LogP contribution in [0.1, 0.15) is 23.6 Å². The molecule has 0 fully saturated rings. The largest absolute Gasteiger partial charge is 0.506 e. The van der Waals surface area contributed by atoms with Crippen LogP contribution >= 0.6 is 12.4 Å². The summed E-state index contributed by atoms with van der Waals surface area (Å²) in [6.45, 7) is 10.8. The molecule has 0 saturated heterocycles. The normalized spacial score (nSPS) is 9.14. The van der Waals surface area contributed by atoms with Crippen LogP contribution in [-0.4, -0.2) is 21.5 Å². The van der Waals surface area contributed by atoms with Gasteiger partial charge in [0.05, 0.1) is 5.69 Å². The number of carbonyl (C=O) groups is 1. The second-order valence-electron chi connectivity index (χ2n) is 6.39. The first-order valence-corrected chi connectivity index (χ1v) is 8.35. The van der Waals surface area contributed by atoms with Crippen LogP contribution in [-0.2, 0) is 4.79 Å². The van der Waals surface area contributed by atoms with E-state index in [0.29, 0.717) is 16.8 Å². The molecule has 4 N–H and O–H groups in total. The second-order valence-corrected chi connectivity index (χ2v) is 6.39. The number of halogens is 1. The SMILES string of the molecule is C=C(C)C=O.Cc1ccc(N)c(O)c1.Cc1cnc2c(O)cc(C)cc2c1.Cl. The highest BCUT2D eigenvalue weighted by Gasteiger charge is 2.01. The number of aromatic nitrogens is 1. The Hall–Kier alpha value is -3.05. The van der Waals surface area contributed by atoms with Gasteiger partial charge in [-0.05, 0) is 80.3 Å². The molecular weight excluding hydrogens is 376 g/mol. The van der Waals surface area contributed by atoms with E-state index in [1.54, 1.807) is 31.3 Å². The van der Waals surface area contributed by atoms with Crippen LogP contribution in [0.25, 0.3) is 10.9 Å². The van der Waals surface area contributed by atoms with E-state index in [1.165, 1.54) is 0 Å². The summed E-state index contributed by atoms with van der Waals surface area (Å²) in [5.41, 5.74) is 10.2. The number of nitrogen functional groups attached to an aromatic ring is 1. The van der Waals surface area contributed by atoms with Crippen molar-refractivity contribution in [3.63, 3.8) is 0 Å². The maximum absolute atomic E-state index is 9.58. The Morgan fingerprint density at radius 3 is 2.04 bits per heavy atom. The average Bonchev–Trinajstić information content (AvgIpc) is 2.59. The third-order valence-corrected chi connectivity index (χ3v) is 3.43. The molecule has 0 spiro atoms. The molecule has 0 aliphatic heterocycles. The maximum Gasteiger partial charge on any atom is 0.145 e. The van der Waals surface area contributed by atoms with E-state index in [0.717, 1.165) is 28.4 Å². The fourth-order valence-corrected chi connectivity index (χ4v) is 2.14. The maximum atomic E-state index is 9.58. The van der Waals surface area contributed by atoms with E-state index in [9.17, 15) is 9.90 Å². The predicted molar refractivity (Wildman–Crippen MR) is 118 cm³/mol. The van der Waals surface area contributed by atoms with Crippen molar-refractivity contribution in [2.75, 3.05) is 5.73 Å². The van der Waals surface area contributed by atoms with Gasteiger partial charge in [-0.3, -0.25) is 9.78 Å². The molecule has 6 heteroatoms. The molecule has 0 aliphatic carbocycles. The smallest absolute Gasteiger partial charge is 0.145 e. The lowest BCUT2D eigenvalue weighted by molar-refractivity contribution is -0.104. The van der Waals surface area contributed by atoms with E-state index >= 15 is 0 Å². The zero-order valence-electron chi connectivity index (χ0n) is 16.6. The number of fused-ring (bicyclic) bond motifs is 1. The fourth-order valence-electron chi connectivity index (χ4n) is 2.14. The molecule has 0 unspecified atom stereocenters. The Bertz CT molecular complexity index is 951. The average molecular weight is 403 g/mol. The van der Waals surface area contributed by atoms with Crippen molar-refractivity contribution in [1.82, 2.24) is 4.98 Å². The Kier molecular flexibility index (Phi) is 10.4. The summed E-state index contributed by atoms with van der Waals surface area (Å²) >= 11 is 0. The number of anilines is 1. The number of allylic oxidation sites excluding steroid dienone is 1. The lowest BCUT2D eigenvalue weighted by Crippen LogP contribution is -1.84. The molecule has 0 atom stereocenters. The highest BCUT2D eigenvalue weighted by molar-refractivity contribution is 5.85. The molecule has 2 aromatic carbocycles. The molecule has 0 aliphatic rings. The van der Waals surface area contributed by atoms with Crippen LogP contribution in [0.2, 0.25) is 0 Å². The van der Waals surface area contributed by atoms with Gasteiger partial charge in [0.15, 0.2) is 0 Å². The number of aryl methyl sites for hydroxylation is 3. The number of nitrogens with zero attached hydrogens (tertiary/aromatic N) is 1. The van der Waals surface area contributed by atoms with Gasteiger partial charge in [0.2, 0.25) is 0 Å². The molecule has 28 heavy (non-hydrogen) atoms. The zero-order chi connectivity index (χ0) is 20.6. The van der Waals surface area contributed by atoms with E-state index in [-0.39, 0.29) is 23.9 Å². The topological polar surface area (TPSA) is 96.4 Å². The van der Waals surface area contributed by atoms with Gasteiger partial charge in [-0.2, -0.15) is 0 Å². The van der Waals surface area contributed by atoms with Crippen LogP contribution in [0.3, 0.4) is 0 Å². The molecular formula is C22H27ClN2O3. The molecule has 3 rings (SSSR count). The molecule has 0 radical (unpaired) electrons. The number of phenolic OH excluding ortho intramolecular Hbond substituents is 2. The lowest BCUT2D eigenvalue weighted by Gasteiger charge is -2.02. The van der Waals surface area contributed by atoms with Gasteiger partial charge < -0.3 is 15.9 Å². The summed E-state index contributed by atoms with van der Waals surface area (Å²) in [5.74, 6) is 0.421. The number of nitrogens with two attached hydrogens (primary N) is 1. The van der Waals surface area contributed by atoms with E-state index in [4.69, 9.17) is 10.8 Å². The van der Waals surface area contributed by atoms with Crippen molar-refractivity contribution in [3.8, 4) is 11.5 Å². The van der Waals surface area contributed by atoms with Gasteiger partial charge in [0.1, 0.15) is 23.3 Å². The third kappa shape index (κ3) is 8.10. The third-order valence-electron chi connectivity index (χ3n) is 3.43. The molecule has 0 saturated carbocycles. The van der Waals surface area contributed by atoms with E-state index in [1.807, 2.05) is 39.0 Å². The lowest BCUT2D eigenvalue weighted by atomic mass is 10.1. The standard InChI is InChI=1S/C11H11NO.C7H9NO.C4H6O.ClH/c1-7-3-9-4-8(2)6-12-11(9)10(13)5-7;1-5-2-3-6(8)7(9)4-5;1-4(2)3-5;/h3-6,13H,1-2H3;2-4,9H,8H2,1H3;3H,1H2,2H3;1H. The van der Waals surface area contributed by atoms with Crippen LogP contribution in [0.4, 0.5) is 5.69 Å². The van der Waals surface area contributed by atoms with Crippen LogP contribution in [0, 0.1) is 20.8 Å². The first-order valence-electron chi connectivity index (χ1n) is 8.35. The molecule has 0 amide bonds. The van der Waals surface area contributed by atoms with Gasteiger partial charge in [-0.1, -0.05) is 12.6 Å². The quantitative estimate of drug-likeness (QED) is 0.230. The number of aromatic hydroxyl groups is 2. The van der Waals surface area contributed by atoms with Gasteiger partial charge in [-0.25, -0.2) is 0 Å². The van der Waals surface area contributed by atoms with Crippen molar-refractivity contribution < 1.29 is 15.0 Å². The number of rotatable bonds is 1. The highest BCUT2D eigenvalue weighted by Crippen LogP contribution is 2.24. The van der Waals surface area contributed by atoms with Gasteiger partial charge >= 0.3 is 0 Å². The van der Waals surface area contributed by atoms with Crippen molar-refractivity contribution >= 4 is 35.3 Å². The Labute approximate surface area is 172 Å². The molecule has 5 nitrogen and oxygen atoms in total. The minimum absolute atomic E-state index is 0. The number of hydrogen-bond acceptors (Lipinski definition) is 5. The number of phenols is 2. The summed E-state index contributed by atoms with van der Waals surface area (Å²) in [6.07, 6.45) is 2.48. The molecule has 150 valence electrons. The summed E-state index contributed by atoms with van der Waals surface area (Å²) in [5, 5.41) is 19.6. The van der Waals surface area contributed by atoms with Crippen LogP contribution in [0.15, 0.2) is 54.7 Å². The minimum atomic E-state index is 0. The summed E-state index contributed by atoms with van der Waals surface area (Å²) in [7, 11) is 0. The second kappa shape index (κ2) is 11.6. The molecule has 0 bridgehead atoms. The molecule has 1 aromatic heterocycles. The summed E-state index contributed by atoms with van der Waals surface area (Å²) in [6, 6.07) is 10.9. The Balaban J connectivity index is 0.000000427. The number of carbonyl (C=O) groups excluding carboxylic acids is 1.